The van der Waals surface area contributed by atoms with Crippen molar-refractivity contribution in [1.29, 1.82) is 0 Å². The zero-order valence-electron chi connectivity index (χ0n) is 11.2. The number of carbonyl (C=O) groups excluding carboxylic acids is 1. The molecule has 1 heterocycles. The second-order valence-electron chi connectivity index (χ2n) is 5.42. The third-order valence-corrected chi connectivity index (χ3v) is 3.61. The number of amides is 1. The molecule has 0 aromatic heterocycles. The monoisotopic (exact) mass is 227 g/mol. The Kier molecular flexibility index (Phi) is 3.97. The first-order valence-corrected chi connectivity index (χ1v) is 6.08. The molecule has 0 saturated carbocycles. The molecule has 1 rings (SSSR count). The summed E-state index contributed by atoms with van der Waals surface area (Å²) in [5, 5.41) is 0. The molecule has 0 aromatic rings. The first kappa shape index (κ1) is 13.5. The van der Waals surface area contributed by atoms with Crippen LogP contribution >= 0.6 is 0 Å². The number of nitrogens with zero attached hydrogens (tertiary/aromatic N) is 2. The normalized spacial score (nSPS) is 28.2. The molecule has 0 aromatic carbocycles. The number of likely N-dealkylation sites (N-methyl/N-ethyl adjacent to an activating group) is 1. The Labute approximate surface area is 98.8 Å². The van der Waals surface area contributed by atoms with E-state index in [-0.39, 0.29) is 17.5 Å². The van der Waals surface area contributed by atoms with Crippen molar-refractivity contribution in [2.75, 3.05) is 20.1 Å². The topological polar surface area (TPSA) is 49.6 Å². The smallest absolute Gasteiger partial charge is 0.241 e. The van der Waals surface area contributed by atoms with Gasteiger partial charge in [0.15, 0.2) is 0 Å². The van der Waals surface area contributed by atoms with Gasteiger partial charge >= 0.3 is 0 Å². The SMILES string of the molecule is CCC(C)N1C(CN)C(=O)N(C)CC1(C)C. The summed E-state index contributed by atoms with van der Waals surface area (Å²) in [6, 6.07) is 0.227. The standard InChI is InChI=1S/C12H25N3O/c1-6-9(2)15-10(7-13)11(16)14(5)8-12(15,3)4/h9-10H,6-8,13H2,1-5H3. The Balaban J connectivity index is 3.02. The van der Waals surface area contributed by atoms with Gasteiger partial charge in [-0.1, -0.05) is 6.92 Å². The third-order valence-electron chi connectivity index (χ3n) is 3.61. The second kappa shape index (κ2) is 4.72. The summed E-state index contributed by atoms with van der Waals surface area (Å²) in [7, 11) is 1.86. The van der Waals surface area contributed by atoms with Crippen molar-refractivity contribution in [2.45, 2.75) is 51.7 Å². The number of rotatable bonds is 3. The van der Waals surface area contributed by atoms with Crippen LogP contribution in [0.2, 0.25) is 0 Å². The predicted molar refractivity (Wildman–Crippen MR) is 66.2 cm³/mol. The van der Waals surface area contributed by atoms with Gasteiger partial charge in [0.2, 0.25) is 5.91 Å². The molecule has 0 radical (unpaired) electrons. The van der Waals surface area contributed by atoms with Gasteiger partial charge in [-0.05, 0) is 27.2 Å². The van der Waals surface area contributed by atoms with Crippen LogP contribution in [0.4, 0.5) is 0 Å². The summed E-state index contributed by atoms with van der Waals surface area (Å²) in [6.07, 6.45) is 1.04. The molecule has 1 fully saturated rings. The van der Waals surface area contributed by atoms with Gasteiger partial charge in [0.25, 0.3) is 0 Å². The van der Waals surface area contributed by atoms with Crippen LogP contribution in [0.1, 0.15) is 34.1 Å². The molecular weight excluding hydrogens is 202 g/mol. The van der Waals surface area contributed by atoms with Crippen molar-refractivity contribution >= 4 is 5.91 Å². The largest absolute Gasteiger partial charge is 0.343 e. The van der Waals surface area contributed by atoms with Crippen LogP contribution in [-0.4, -0.2) is 53.5 Å². The maximum Gasteiger partial charge on any atom is 0.241 e. The van der Waals surface area contributed by atoms with Gasteiger partial charge in [-0.3, -0.25) is 9.69 Å². The van der Waals surface area contributed by atoms with E-state index in [0.717, 1.165) is 13.0 Å². The molecule has 1 aliphatic rings. The zero-order chi connectivity index (χ0) is 12.5. The van der Waals surface area contributed by atoms with Crippen LogP contribution in [0.25, 0.3) is 0 Å². The lowest BCUT2D eigenvalue weighted by atomic mass is 9.91. The zero-order valence-corrected chi connectivity index (χ0v) is 11.2. The Morgan fingerprint density at radius 1 is 1.56 bits per heavy atom. The molecule has 94 valence electrons. The van der Waals surface area contributed by atoms with Crippen LogP contribution in [0, 0.1) is 0 Å². The van der Waals surface area contributed by atoms with Crippen molar-refractivity contribution in [2.24, 2.45) is 5.73 Å². The number of hydrogen-bond donors (Lipinski definition) is 1. The number of piperazine rings is 1. The molecule has 16 heavy (non-hydrogen) atoms. The van der Waals surface area contributed by atoms with E-state index in [0.29, 0.717) is 12.6 Å². The summed E-state index contributed by atoms with van der Waals surface area (Å²) in [5.41, 5.74) is 5.77. The molecule has 0 spiro atoms. The summed E-state index contributed by atoms with van der Waals surface area (Å²) in [4.78, 5) is 16.2. The van der Waals surface area contributed by atoms with Gasteiger partial charge in [0, 0.05) is 31.7 Å². The van der Waals surface area contributed by atoms with E-state index in [9.17, 15) is 4.79 Å². The fourth-order valence-electron chi connectivity index (χ4n) is 2.85. The van der Waals surface area contributed by atoms with E-state index in [1.807, 2.05) is 7.05 Å². The van der Waals surface area contributed by atoms with Crippen LogP contribution in [0.5, 0.6) is 0 Å². The van der Waals surface area contributed by atoms with Crippen LogP contribution in [-0.2, 0) is 4.79 Å². The molecule has 4 heteroatoms. The second-order valence-corrected chi connectivity index (χ2v) is 5.42. The molecule has 2 N–H and O–H groups in total. The molecule has 2 atom stereocenters. The van der Waals surface area contributed by atoms with E-state index in [1.165, 1.54) is 0 Å². The lowest BCUT2D eigenvalue weighted by molar-refractivity contribution is -0.150. The summed E-state index contributed by atoms with van der Waals surface area (Å²) in [5.74, 6) is 0.155. The molecular formula is C12H25N3O. The Morgan fingerprint density at radius 3 is 2.56 bits per heavy atom. The average molecular weight is 227 g/mol. The summed E-state index contributed by atoms with van der Waals surface area (Å²) >= 11 is 0. The fraction of sp³-hybridized carbons (Fsp3) is 0.917. The average Bonchev–Trinajstić information content (AvgIpc) is 2.21. The minimum absolute atomic E-state index is 0.00211. The molecule has 4 nitrogen and oxygen atoms in total. The summed E-state index contributed by atoms with van der Waals surface area (Å²) < 4.78 is 0. The highest BCUT2D eigenvalue weighted by atomic mass is 16.2. The minimum atomic E-state index is -0.163. The fourth-order valence-corrected chi connectivity index (χ4v) is 2.85. The highest BCUT2D eigenvalue weighted by molar-refractivity contribution is 5.83. The van der Waals surface area contributed by atoms with Crippen LogP contribution in [0.15, 0.2) is 0 Å². The molecule has 0 aliphatic carbocycles. The Bertz CT molecular complexity index is 265. The third kappa shape index (κ3) is 2.23. The van der Waals surface area contributed by atoms with Crippen molar-refractivity contribution in [1.82, 2.24) is 9.80 Å². The molecule has 1 saturated heterocycles. The van der Waals surface area contributed by atoms with Crippen molar-refractivity contribution in [3.8, 4) is 0 Å². The molecule has 0 bridgehead atoms. The maximum atomic E-state index is 12.1. The number of carbonyl (C=O) groups is 1. The first-order valence-electron chi connectivity index (χ1n) is 6.08. The lowest BCUT2D eigenvalue weighted by Crippen LogP contribution is -2.69. The lowest BCUT2D eigenvalue weighted by Gasteiger charge is -2.52. The molecule has 2 unspecified atom stereocenters. The van der Waals surface area contributed by atoms with Gasteiger partial charge in [-0.2, -0.15) is 0 Å². The van der Waals surface area contributed by atoms with Gasteiger partial charge < -0.3 is 10.6 Å². The van der Waals surface area contributed by atoms with Gasteiger partial charge in [-0.25, -0.2) is 0 Å². The highest BCUT2D eigenvalue weighted by Gasteiger charge is 2.44. The number of hydrogen-bond acceptors (Lipinski definition) is 3. The van der Waals surface area contributed by atoms with E-state index >= 15 is 0 Å². The summed E-state index contributed by atoms with van der Waals surface area (Å²) in [6.45, 7) is 9.86. The Hall–Kier alpha value is -0.610. The molecule has 1 aliphatic heterocycles. The predicted octanol–water partition coefficient (Wildman–Crippen LogP) is 0.665. The number of nitrogens with two attached hydrogens (primary N) is 1. The van der Waals surface area contributed by atoms with Crippen molar-refractivity contribution in [3.63, 3.8) is 0 Å². The molecule has 1 amide bonds. The Morgan fingerprint density at radius 2 is 2.12 bits per heavy atom. The minimum Gasteiger partial charge on any atom is -0.343 e. The van der Waals surface area contributed by atoms with E-state index in [1.54, 1.807) is 4.90 Å². The van der Waals surface area contributed by atoms with E-state index < -0.39 is 0 Å². The van der Waals surface area contributed by atoms with Crippen molar-refractivity contribution in [3.05, 3.63) is 0 Å². The van der Waals surface area contributed by atoms with Crippen LogP contribution in [0.3, 0.4) is 0 Å². The van der Waals surface area contributed by atoms with E-state index in [2.05, 4.69) is 32.6 Å². The van der Waals surface area contributed by atoms with E-state index in [4.69, 9.17) is 5.73 Å². The van der Waals surface area contributed by atoms with Gasteiger partial charge in [-0.15, -0.1) is 0 Å². The van der Waals surface area contributed by atoms with Crippen molar-refractivity contribution < 1.29 is 4.79 Å². The quantitative estimate of drug-likeness (QED) is 0.771. The maximum absolute atomic E-state index is 12.1. The first-order chi connectivity index (χ1) is 7.35. The van der Waals surface area contributed by atoms with Crippen LogP contribution < -0.4 is 5.73 Å². The van der Waals surface area contributed by atoms with Gasteiger partial charge in [0.05, 0.1) is 0 Å². The highest BCUT2D eigenvalue weighted by Crippen LogP contribution is 2.28. The van der Waals surface area contributed by atoms with Gasteiger partial charge in [0.1, 0.15) is 6.04 Å².